The highest BCUT2D eigenvalue weighted by Gasteiger charge is 2.43. The van der Waals surface area contributed by atoms with Gasteiger partial charge in [-0.3, -0.25) is 14.4 Å². The molecule has 4 aromatic rings. The third-order valence-corrected chi connectivity index (χ3v) is 5.25. The van der Waals surface area contributed by atoms with Crippen molar-refractivity contribution in [2.24, 2.45) is 0 Å². The fourth-order valence-corrected chi connectivity index (χ4v) is 3.97. The Hall–Kier alpha value is -2.92. The molecule has 0 amide bonds. The number of anilines is 2. The van der Waals surface area contributed by atoms with E-state index < -0.39 is 5.92 Å². The number of rotatable bonds is 5. The molecule has 0 radical (unpaired) electrons. The molecule has 1 aliphatic rings. The molecule has 0 saturated carbocycles. The van der Waals surface area contributed by atoms with Gasteiger partial charge in [0.25, 0.3) is 5.92 Å². The first-order valence-corrected chi connectivity index (χ1v) is 9.41. The molecule has 0 spiro atoms. The molecular formula is C17H16F2N8S. The van der Waals surface area contributed by atoms with Crippen LogP contribution in [0, 0.1) is 6.92 Å². The predicted octanol–water partition coefficient (Wildman–Crippen LogP) is 3.08. The Bertz CT molecular complexity index is 1130. The maximum Gasteiger partial charge on any atom is 0.272 e. The number of nitrogens with one attached hydrogen (secondary N) is 2. The van der Waals surface area contributed by atoms with Gasteiger partial charge in [0.15, 0.2) is 11.5 Å². The zero-order chi connectivity index (χ0) is 19.3. The third-order valence-electron chi connectivity index (χ3n) is 4.50. The van der Waals surface area contributed by atoms with E-state index in [4.69, 9.17) is 0 Å². The first-order chi connectivity index (χ1) is 13.5. The maximum atomic E-state index is 13.0. The van der Waals surface area contributed by atoms with E-state index in [1.54, 1.807) is 23.5 Å². The van der Waals surface area contributed by atoms with Gasteiger partial charge in [0.05, 0.1) is 42.6 Å². The minimum atomic E-state index is -2.57. The fourth-order valence-electron chi connectivity index (χ4n) is 3.31. The van der Waals surface area contributed by atoms with Crippen molar-refractivity contribution in [3.05, 3.63) is 42.2 Å². The summed E-state index contributed by atoms with van der Waals surface area (Å²) < 4.78 is 32.3. The SMILES string of the molecule is Cc1cn2c(-c3cn[nH]c3)cnc2c(Nc2cc(CN3CC(F)(F)C3)ns2)n1. The molecule has 5 rings (SSSR count). The summed E-state index contributed by atoms with van der Waals surface area (Å²) in [4.78, 5) is 10.7. The Balaban J connectivity index is 1.40. The van der Waals surface area contributed by atoms with Crippen LogP contribution in [0.25, 0.3) is 16.9 Å². The number of H-pyrrole nitrogens is 1. The van der Waals surface area contributed by atoms with Crippen LogP contribution >= 0.6 is 11.5 Å². The Morgan fingerprint density at radius 3 is 2.93 bits per heavy atom. The van der Waals surface area contributed by atoms with Gasteiger partial charge in [-0.25, -0.2) is 18.7 Å². The molecule has 5 heterocycles. The summed E-state index contributed by atoms with van der Waals surface area (Å²) >= 11 is 1.27. The normalized spacial score (nSPS) is 16.4. The van der Waals surface area contributed by atoms with Crippen molar-refractivity contribution in [2.75, 3.05) is 18.4 Å². The number of hydrogen-bond donors (Lipinski definition) is 2. The summed E-state index contributed by atoms with van der Waals surface area (Å²) in [6.45, 7) is 1.90. The Labute approximate surface area is 162 Å². The molecule has 28 heavy (non-hydrogen) atoms. The lowest BCUT2D eigenvalue weighted by molar-refractivity contribution is -0.134. The molecule has 144 valence electrons. The zero-order valence-corrected chi connectivity index (χ0v) is 15.7. The number of hydrogen-bond acceptors (Lipinski definition) is 7. The standard InChI is InChI=1S/C17H16F2N8S/c1-10-6-27-13(11-3-21-22-4-11)5-20-16(27)15(23-10)24-14-2-12(25-28-14)7-26-8-17(18,19)9-26/h2-6H,7-9H2,1H3,(H,21,22)(H,23,24). The molecule has 4 aromatic heterocycles. The monoisotopic (exact) mass is 402 g/mol. The number of aromatic amines is 1. The lowest BCUT2D eigenvalue weighted by Gasteiger charge is -2.38. The second-order valence-corrected chi connectivity index (χ2v) is 7.67. The molecular weight excluding hydrogens is 386 g/mol. The van der Waals surface area contributed by atoms with Crippen LogP contribution in [0.2, 0.25) is 0 Å². The van der Waals surface area contributed by atoms with E-state index in [1.807, 2.05) is 23.6 Å². The van der Waals surface area contributed by atoms with Crippen molar-refractivity contribution >= 4 is 28.0 Å². The molecule has 0 aliphatic carbocycles. The molecule has 0 aromatic carbocycles. The van der Waals surface area contributed by atoms with Gasteiger partial charge in [-0.05, 0) is 24.5 Å². The maximum absolute atomic E-state index is 13.0. The molecule has 0 unspecified atom stereocenters. The van der Waals surface area contributed by atoms with Crippen LogP contribution in [0.3, 0.4) is 0 Å². The second kappa shape index (κ2) is 6.31. The van der Waals surface area contributed by atoms with Gasteiger partial charge in [0.1, 0.15) is 5.00 Å². The molecule has 11 heteroatoms. The molecule has 1 saturated heterocycles. The zero-order valence-electron chi connectivity index (χ0n) is 14.9. The van der Waals surface area contributed by atoms with Crippen LogP contribution < -0.4 is 5.32 Å². The highest BCUT2D eigenvalue weighted by molar-refractivity contribution is 7.10. The van der Waals surface area contributed by atoms with Crippen molar-refractivity contribution in [2.45, 2.75) is 19.4 Å². The summed E-state index contributed by atoms with van der Waals surface area (Å²) in [6, 6.07) is 1.86. The largest absolute Gasteiger partial charge is 0.328 e. The van der Waals surface area contributed by atoms with Crippen LogP contribution in [0.15, 0.2) is 30.9 Å². The molecule has 0 bridgehead atoms. The minimum absolute atomic E-state index is 0.210. The van der Waals surface area contributed by atoms with Crippen LogP contribution in [-0.4, -0.2) is 52.9 Å². The lowest BCUT2D eigenvalue weighted by Crippen LogP contribution is -2.55. The van der Waals surface area contributed by atoms with Crippen molar-refractivity contribution < 1.29 is 8.78 Å². The second-order valence-electron chi connectivity index (χ2n) is 6.86. The van der Waals surface area contributed by atoms with Gasteiger partial charge in [-0.1, -0.05) is 0 Å². The fraction of sp³-hybridized carbons (Fsp3) is 0.294. The number of halogens is 2. The van der Waals surface area contributed by atoms with Gasteiger partial charge < -0.3 is 5.32 Å². The number of aromatic nitrogens is 6. The van der Waals surface area contributed by atoms with Crippen molar-refractivity contribution in [1.82, 2.24) is 33.8 Å². The molecule has 8 nitrogen and oxygen atoms in total. The Morgan fingerprint density at radius 2 is 2.18 bits per heavy atom. The van der Waals surface area contributed by atoms with Crippen LogP contribution in [-0.2, 0) is 6.54 Å². The average molecular weight is 402 g/mol. The number of likely N-dealkylation sites (tertiary alicyclic amines) is 1. The van der Waals surface area contributed by atoms with Crippen LogP contribution in [0.4, 0.5) is 19.6 Å². The van der Waals surface area contributed by atoms with Gasteiger partial charge in [-0.15, -0.1) is 0 Å². The molecule has 0 atom stereocenters. The third kappa shape index (κ3) is 3.12. The van der Waals surface area contributed by atoms with Gasteiger partial charge in [0, 0.05) is 24.5 Å². The summed E-state index contributed by atoms with van der Waals surface area (Å²) in [5, 5.41) is 10.8. The van der Waals surface area contributed by atoms with Crippen molar-refractivity contribution in [3.63, 3.8) is 0 Å². The topological polar surface area (TPSA) is 87.0 Å². The van der Waals surface area contributed by atoms with Gasteiger partial charge in [-0.2, -0.15) is 9.47 Å². The molecule has 1 fully saturated rings. The summed E-state index contributed by atoms with van der Waals surface area (Å²) in [5.41, 5.74) is 4.09. The number of nitrogens with zero attached hydrogens (tertiary/aromatic N) is 6. The Morgan fingerprint density at radius 1 is 1.32 bits per heavy atom. The molecule has 1 aliphatic heterocycles. The predicted molar refractivity (Wildman–Crippen MR) is 101 cm³/mol. The van der Waals surface area contributed by atoms with E-state index in [0.29, 0.717) is 18.0 Å². The minimum Gasteiger partial charge on any atom is -0.328 e. The number of aryl methyl sites for hydroxylation is 1. The summed E-state index contributed by atoms with van der Waals surface area (Å²) in [6.07, 6.45) is 7.23. The van der Waals surface area contributed by atoms with Crippen LogP contribution in [0.1, 0.15) is 11.4 Å². The quantitative estimate of drug-likeness (QED) is 0.534. The van der Waals surface area contributed by atoms with E-state index in [9.17, 15) is 8.78 Å². The van der Waals surface area contributed by atoms with Crippen LogP contribution in [0.5, 0.6) is 0 Å². The van der Waals surface area contributed by atoms with Crippen molar-refractivity contribution in [1.29, 1.82) is 0 Å². The van der Waals surface area contributed by atoms with E-state index in [1.165, 1.54) is 11.5 Å². The summed E-state index contributed by atoms with van der Waals surface area (Å²) in [7, 11) is 0. The van der Waals surface area contributed by atoms with E-state index in [2.05, 4.69) is 29.9 Å². The van der Waals surface area contributed by atoms with E-state index in [0.717, 1.165) is 27.6 Å². The number of fused-ring (bicyclic) bond motifs is 1. The smallest absolute Gasteiger partial charge is 0.272 e. The lowest BCUT2D eigenvalue weighted by atomic mass is 10.1. The highest BCUT2D eigenvalue weighted by atomic mass is 32.1. The first-order valence-electron chi connectivity index (χ1n) is 8.63. The van der Waals surface area contributed by atoms with Crippen molar-refractivity contribution in [3.8, 4) is 11.3 Å². The van der Waals surface area contributed by atoms with E-state index >= 15 is 0 Å². The molecule has 2 N–H and O–H groups in total. The summed E-state index contributed by atoms with van der Waals surface area (Å²) in [5.74, 6) is -1.96. The van der Waals surface area contributed by atoms with E-state index in [-0.39, 0.29) is 13.1 Å². The first kappa shape index (κ1) is 17.2. The highest BCUT2D eigenvalue weighted by Crippen LogP contribution is 2.30. The number of alkyl halides is 2. The van der Waals surface area contributed by atoms with Gasteiger partial charge in [0.2, 0.25) is 0 Å². The average Bonchev–Trinajstić information content (AvgIpc) is 3.33. The number of imidazole rings is 1. The van der Waals surface area contributed by atoms with Gasteiger partial charge >= 0.3 is 0 Å². The Kier molecular flexibility index (Phi) is 3.88.